The fraction of sp³-hybridized carbons (Fsp3) is 0.308. The highest BCUT2D eigenvalue weighted by molar-refractivity contribution is 5.97. The predicted molar refractivity (Wildman–Crippen MR) is 59.8 cm³/mol. The Morgan fingerprint density at radius 1 is 1.35 bits per heavy atom. The molecular weight excluding hydrogens is 229 g/mol. The second-order valence-electron chi connectivity index (χ2n) is 3.78. The average Bonchev–Trinajstić information content (AvgIpc) is 2.28. The van der Waals surface area contributed by atoms with Crippen molar-refractivity contribution >= 4 is 5.78 Å². The zero-order valence-corrected chi connectivity index (χ0v) is 9.47. The summed E-state index contributed by atoms with van der Waals surface area (Å²) in [4.78, 5) is 11.7. The lowest BCUT2D eigenvalue weighted by Gasteiger charge is -2.08. The Hall–Kier alpha value is -1.58. The molecule has 0 aliphatic rings. The van der Waals surface area contributed by atoms with E-state index in [4.69, 9.17) is 0 Å². The number of ketones is 1. The molecule has 1 aromatic carbocycles. The van der Waals surface area contributed by atoms with E-state index in [1.165, 1.54) is 12.1 Å². The van der Waals surface area contributed by atoms with Gasteiger partial charge in [0, 0.05) is 12.0 Å². The Bertz CT molecular complexity index is 433. The maximum absolute atomic E-state index is 12.4. The second-order valence-corrected chi connectivity index (χ2v) is 3.78. The van der Waals surface area contributed by atoms with E-state index in [9.17, 15) is 18.0 Å². The SMILES string of the molecule is C=C(CC)CC(=O)c1cccc(C(F)(F)F)c1. The van der Waals surface area contributed by atoms with Crippen LogP contribution in [0.2, 0.25) is 0 Å². The Kier molecular flexibility index (Phi) is 4.10. The molecule has 4 heteroatoms. The zero-order valence-electron chi connectivity index (χ0n) is 9.47. The Morgan fingerprint density at radius 3 is 2.53 bits per heavy atom. The lowest BCUT2D eigenvalue weighted by Crippen LogP contribution is -2.07. The number of allylic oxidation sites excluding steroid dienone is 1. The molecule has 0 fully saturated rings. The van der Waals surface area contributed by atoms with Crippen LogP contribution in [0.15, 0.2) is 36.4 Å². The summed E-state index contributed by atoms with van der Waals surface area (Å²) in [5, 5.41) is 0. The van der Waals surface area contributed by atoms with Crippen LogP contribution >= 0.6 is 0 Å². The molecule has 92 valence electrons. The first-order valence-electron chi connectivity index (χ1n) is 5.21. The molecule has 0 radical (unpaired) electrons. The van der Waals surface area contributed by atoms with Gasteiger partial charge in [0.25, 0.3) is 0 Å². The summed E-state index contributed by atoms with van der Waals surface area (Å²) in [7, 11) is 0. The Morgan fingerprint density at radius 2 is 2.00 bits per heavy atom. The molecule has 0 heterocycles. The van der Waals surface area contributed by atoms with Crippen LogP contribution in [0.1, 0.15) is 35.7 Å². The maximum atomic E-state index is 12.4. The van der Waals surface area contributed by atoms with Gasteiger partial charge < -0.3 is 0 Å². The summed E-state index contributed by atoms with van der Waals surface area (Å²) in [6.45, 7) is 5.52. The minimum atomic E-state index is -4.42. The van der Waals surface area contributed by atoms with Crippen molar-refractivity contribution in [3.63, 3.8) is 0 Å². The van der Waals surface area contributed by atoms with Gasteiger partial charge in [0.15, 0.2) is 5.78 Å². The first kappa shape index (κ1) is 13.5. The number of carbonyl (C=O) groups excluding carboxylic acids is 1. The molecule has 0 bridgehead atoms. The molecule has 1 nitrogen and oxygen atoms in total. The van der Waals surface area contributed by atoms with Gasteiger partial charge in [-0.3, -0.25) is 4.79 Å². The molecule has 17 heavy (non-hydrogen) atoms. The van der Waals surface area contributed by atoms with Crippen molar-refractivity contribution < 1.29 is 18.0 Å². The predicted octanol–water partition coefficient (Wildman–Crippen LogP) is 4.24. The van der Waals surface area contributed by atoms with E-state index in [1.807, 2.05) is 6.92 Å². The summed E-state index contributed by atoms with van der Waals surface area (Å²) in [5.41, 5.74) is -0.00713. The fourth-order valence-corrected chi connectivity index (χ4v) is 1.32. The fourth-order valence-electron chi connectivity index (χ4n) is 1.32. The van der Waals surface area contributed by atoms with Gasteiger partial charge in [-0.1, -0.05) is 31.2 Å². The van der Waals surface area contributed by atoms with E-state index in [0.29, 0.717) is 12.0 Å². The summed E-state index contributed by atoms with van der Waals surface area (Å²) in [6.07, 6.45) is -3.68. The van der Waals surface area contributed by atoms with Crippen molar-refractivity contribution in [2.45, 2.75) is 25.9 Å². The summed E-state index contributed by atoms with van der Waals surface area (Å²) in [5.74, 6) is -0.331. The van der Waals surface area contributed by atoms with E-state index >= 15 is 0 Å². The van der Waals surface area contributed by atoms with Crippen molar-refractivity contribution in [2.75, 3.05) is 0 Å². The summed E-state index contributed by atoms with van der Waals surface area (Å²) < 4.78 is 37.3. The van der Waals surface area contributed by atoms with E-state index in [-0.39, 0.29) is 17.8 Å². The van der Waals surface area contributed by atoms with Crippen LogP contribution < -0.4 is 0 Å². The molecular formula is C13H13F3O. The molecule has 0 amide bonds. The third kappa shape index (κ3) is 3.73. The molecule has 0 saturated heterocycles. The largest absolute Gasteiger partial charge is 0.416 e. The molecule has 0 saturated carbocycles. The number of alkyl halides is 3. The van der Waals surface area contributed by atoms with Crippen LogP contribution in [0.3, 0.4) is 0 Å². The average molecular weight is 242 g/mol. The van der Waals surface area contributed by atoms with Crippen molar-refractivity contribution in [3.05, 3.63) is 47.5 Å². The van der Waals surface area contributed by atoms with Crippen LogP contribution in [-0.2, 0) is 6.18 Å². The molecule has 0 atom stereocenters. The molecule has 1 rings (SSSR count). The first-order valence-corrected chi connectivity index (χ1v) is 5.21. The number of carbonyl (C=O) groups is 1. The first-order chi connectivity index (χ1) is 7.84. The minimum Gasteiger partial charge on any atom is -0.294 e. The van der Waals surface area contributed by atoms with Crippen LogP contribution in [-0.4, -0.2) is 5.78 Å². The molecule has 0 aliphatic heterocycles. The lowest BCUT2D eigenvalue weighted by molar-refractivity contribution is -0.137. The van der Waals surface area contributed by atoms with Crippen LogP contribution in [0.25, 0.3) is 0 Å². The lowest BCUT2D eigenvalue weighted by atomic mass is 10.0. The van der Waals surface area contributed by atoms with Crippen LogP contribution in [0.5, 0.6) is 0 Å². The van der Waals surface area contributed by atoms with E-state index < -0.39 is 11.7 Å². The number of Topliss-reactive ketones (excluding diaryl/α,β-unsaturated/α-hetero) is 1. The Balaban J connectivity index is 2.92. The summed E-state index contributed by atoms with van der Waals surface area (Å²) >= 11 is 0. The molecule has 0 unspecified atom stereocenters. The summed E-state index contributed by atoms with van der Waals surface area (Å²) in [6, 6.07) is 4.46. The normalized spacial score (nSPS) is 11.3. The zero-order chi connectivity index (χ0) is 13.1. The smallest absolute Gasteiger partial charge is 0.294 e. The standard InChI is InChI=1S/C13H13F3O/c1-3-9(2)7-12(17)10-5-4-6-11(8-10)13(14,15)16/h4-6,8H,2-3,7H2,1H3. The van der Waals surface area contributed by atoms with Crippen LogP contribution in [0.4, 0.5) is 13.2 Å². The van der Waals surface area contributed by atoms with Crippen molar-refractivity contribution in [3.8, 4) is 0 Å². The number of rotatable bonds is 4. The molecule has 0 N–H and O–H groups in total. The van der Waals surface area contributed by atoms with Gasteiger partial charge in [0.1, 0.15) is 0 Å². The van der Waals surface area contributed by atoms with E-state index in [2.05, 4.69) is 6.58 Å². The number of halogens is 3. The molecule has 0 spiro atoms. The highest BCUT2D eigenvalue weighted by Crippen LogP contribution is 2.29. The number of hydrogen-bond donors (Lipinski definition) is 0. The third-order valence-electron chi connectivity index (χ3n) is 2.42. The molecule has 0 aliphatic carbocycles. The second kappa shape index (κ2) is 5.17. The highest BCUT2D eigenvalue weighted by atomic mass is 19.4. The van der Waals surface area contributed by atoms with Gasteiger partial charge in [-0.25, -0.2) is 0 Å². The quantitative estimate of drug-likeness (QED) is 0.570. The topological polar surface area (TPSA) is 17.1 Å². The van der Waals surface area contributed by atoms with Crippen molar-refractivity contribution in [1.29, 1.82) is 0 Å². The highest BCUT2D eigenvalue weighted by Gasteiger charge is 2.30. The number of hydrogen-bond acceptors (Lipinski definition) is 1. The Labute approximate surface area is 98.0 Å². The minimum absolute atomic E-state index is 0.0782. The van der Waals surface area contributed by atoms with Crippen LogP contribution in [0, 0.1) is 0 Å². The number of benzene rings is 1. The van der Waals surface area contributed by atoms with Crippen molar-refractivity contribution in [1.82, 2.24) is 0 Å². The monoisotopic (exact) mass is 242 g/mol. The van der Waals surface area contributed by atoms with Gasteiger partial charge in [-0.2, -0.15) is 13.2 Å². The maximum Gasteiger partial charge on any atom is 0.416 e. The third-order valence-corrected chi connectivity index (χ3v) is 2.42. The van der Waals surface area contributed by atoms with E-state index in [0.717, 1.165) is 12.1 Å². The van der Waals surface area contributed by atoms with Gasteiger partial charge >= 0.3 is 6.18 Å². The van der Waals surface area contributed by atoms with Crippen molar-refractivity contribution in [2.24, 2.45) is 0 Å². The van der Waals surface area contributed by atoms with Gasteiger partial charge in [0.2, 0.25) is 0 Å². The van der Waals surface area contributed by atoms with Gasteiger partial charge in [0.05, 0.1) is 5.56 Å². The molecule has 0 aromatic heterocycles. The van der Waals surface area contributed by atoms with E-state index in [1.54, 1.807) is 0 Å². The van der Waals surface area contributed by atoms with Gasteiger partial charge in [-0.05, 0) is 18.6 Å². The van der Waals surface area contributed by atoms with Gasteiger partial charge in [-0.15, -0.1) is 0 Å². The molecule has 1 aromatic rings.